The van der Waals surface area contributed by atoms with Gasteiger partial charge in [0.15, 0.2) is 0 Å². The van der Waals surface area contributed by atoms with Crippen LogP contribution < -0.4 is 0 Å². The van der Waals surface area contributed by atoms with Crippen LogP contribution in [0.1, 0.15) is 16.8 Å². The van der Waals surface area contributed by atoms with Crippen molar-refractivity contribution in [3.05, 3.63) is 53.6 Å². The third-order valence-electron chi connectivity index (χ3n) is 4.63. The van der Waals surface area contributed by atoms with Crippen LogP contribution >= 0.6 is 0 Å². The summed E-state index contributed by atoms with van der Waals surface area (Å²) in [6, 6.07) is 9.45. The second-order valence-electron chi connectivity index (χ2n) is 6.44. The number of nitrogens with zero attached hydrogens (tertiary/aromatic N) is 5. The van der Waals surface area contributed by atoms with Crippen molar-refractivity contribution >= 4 is 12.2 Å². The highest BCUT2D eigenvalue weighted by atomic mass is 16.6. The van der Waals surface area contributed by atoms with Crippen LogP contribution in [0.2, 0.25) is 0 Å². The molecule has 2 heterocycles. The third kappa shape index (κ3) is 4.79. The van der Waals surface area contributed by atoms with E-state index in [1.807, 2.05) is 16.7 Å². The van der Waals surface area contributed by atoms with Crippen molar-refractivity contribution in [3.63, 3.8) is 0 Å². The van der Waals surface area contributed by atoms with E-state index in [9.17, 15) is 9.59 Å². The quantitative estimate of drug-likeness (QED) is 0.842. The molecule has 0 spiro atoms. The molecule has 1 aromatic heterocycles. The fraction of sp³-hybridized carbons (Fsp3) is 0.368. The lowest BCUT2D eigenvalue weighted by atomic mass is 10.1. The van der Waals surface area contributed by atoms with Gasteiger partial charge in [-0.2, -0.15) is 5.26 Å². The van der Waals surface area contributed by atoms with Crippen molar-refractivity contribution in [2.75, 3.05) is 32.8 Å². The lowest BCUT2D eigenvalue weighted by Crippen LogP contribution is -2.50. The number of amides is 2. The molecule has 1 saturated heterocycles. The van der Waals surface area contributed by atoms with Gasteiger partial charge in [0.2, 0.25) is 0 Å². The smallest absolute Gasteiger partial charge is 0.409 e. The van der Waals surface area contributed by atoms with Gasteiger partial charge < -0.3 is 24.2 Å². The number of carbonyl (C=O) groups is 2. The number of piperazine rings is 1. The number of carbonyl (C=O) groups excluding carboxylic acids is 1. The van der Waals surface area contributed by atoms with Crippen LogP contribution in [0.5, 0.6) is 0 Å². The Morgan fingerprint density at radius 1 is 1.14 bits per heavy atom. The van der Waals surface area contributed by atoms with Crippen molar-refractivity contribution in [1.82, 2.24) is 19.4 Å². The van der Waals surface area contributed by atoms with Crippen molar-refractivity contribution in [2.45, 2.75) is 13.0 Å². The summed E-state index contributed by atoms with van der Waals surface area (Å²) in [4.78, 5) is 30.0. The van der Waals surface area contributed by atoms with Crippen LogP contribution in [0.15, 0.2) is 36.8 Å². The summed E-state index contributed by atoms with van der Waals surface area (Å²) in [7, 11) is 0. The molecule has 3 rings (SSSR count). The Balaban J connectivity index is 1.47. The number of carboxylic acid groups (broad SMARTS) is 1. The molecule has 0 aliphatic carbocycles. The van der Waals surface area contributed by atoms with E-state index >= 15 is 0 Å². The molecule has 1 aliphatic heterocycles. The first-order valence-corrected chi connectivity index (χ1v) is 8.94. The summed E-state index contributed by atoms with van der Waals surface area (Å²) < 4.78 is 7.30. The largest absolute Gasteiger partial charge is 0.465 e. The Bertz CT molecular complexity index is 863. The van der Waals surface area contributed by atoms with E-state index < -0.39 is 12.2 Å². The second-order valence-corrected chi connectivity index (χ2v) is 6.44. The van der Waals surface area contributed by atoms with E-state index in [1.165, 1.54) is 9.80 Å². The molecule has 0 unspecified atom stereocenters. The van der Waals surface area contributed by atoms with Gasteiger partial charge in [-0.1, -0.05) is 12.1 Å². The molecule has 9 nitrogen and oxygen atoms in total. The summed E-state index contributed by atoms with van der Waals surface area (Å²) in [5.41, 5.74) is 2.60. The minimum atomic E-state index is -0.969. The van der Waals surface area contributed by atoms with E-state index in [0.29, 0.717) is 44.7 Å². The molecule has 9 heteroatoms. The first kappa shape index (κ1) is 19.2. The number of aromatic nitrogens is 2. The first-order valence-electron chi connectivity index (χ1n) is 8.94. The Morgan fingerprint density at radius 2 is 1.82 bits per heavy atom. The van der Waals surface area contributed by atoms with E-state index in [0.717, 1.165) is 11.3 Å². The number of hydrogen-bond acceptors (Lipinski definition) is 5. The van der Waals surface area contributed by atoms with Crippen LogP contribution in [0.4, 0.5) is 9.59 Å². The molecular weight excluding hydrogens is 362 g/mol. The molecule has 0 radical (unpaired) electrons. The SMILES string of the molecule is N#Cc1ccc(Cn2cncc2CCOC(=O)N2CCN(C(=O)O)CC2)cc1. The van der Waals surface area contributed by atoms with Gasteiger partial charge in [0, 0.05) is 51.0 Å². The zero-order chi connectivity index (χ0) is 19.9. The van der Waals surface area contributed by atoms with Crippen LogP contribution in [0.25, 0.3) is 0 Å². The lowest BCUT2D eigenvalue weighted by molar-refractivity contribution is 0.0732. The fourth-order valence-electron chi connectivity index (χ4n) is 2.99. The van der Waals surface area contributed by atoms with Crippen LogP contribution in [0.3, 0.4) is 0 Å². The van der Waals surface area contributed by atoms with Crippen LogP contribution in [0, 0.1) is 11.3 Å². The van der Waals surface area contributed by atoms with Gasteiger partial charge >= 0.3 is 12.2 Å². The zero-order valence-electron chi connectivity index (χ0n) is 15.3. The highest BCUT2D eigenvalue weighted by Crippen LogP contribution is 2.10. The predicted molar refractivity (Wildman–Crippen MR) is 98.7 cm³/mol. The predicted octanol–water partition coefficient (Wildman–Crippen LogP) is 1.78. The summed E-state index contributed by atoms with van der Waals surface area (Å²) in [6.07, 6.45) is 2.59. The van der Waals surface area contributed by atoms with E-state index in [-0.39, 0.29) is 6.61 Å². The summed E-state index contributed by atoms with van der Waals surface area (Å²) >= 11 is 0. The third-order valence-corrected chi connectivity index (χ3v) is 4.63. The maximum Gasteiger partial charge on any atom is 0.409 e. The maximum absolute atomic E-state index is 12.1. The molecule has 1 aromatic carbocycles. The second kappa shape index (κ2) is 8.90. The monoisotopic (exact) mass is 383 g/mol. The number of benzene rings is 1. The highest BCUT2D eigenvalue weighted by molar-refractivity contribution is 5.69. The van der Waals surface area contributed by atoms with Crippen molar-refractivity contribution in [1.29, 1.82) is 5.26 Å². The molecule has 2 aromatic rings. The van der Waals surface area contributed by atoms with E-state index in [1.54, 1.807) is 24.7 Å². The Labute approximate surface area is 162 Å². The Morgan fingerprint density at radius 3 is 2.46 bits per heavy atom. The van der Waals surface area contributed by atoms with E-state index in [2.05, 4.69) is 11.1 Å². The number of hydrogen-bond donors (Lipinski definition) is 1. The maximum atomic E-state index is 12.1. The number of imidazole rings is 1. The normalized spacial score (nSPS) is 13.8. The Kier molecular flexibility index (Phi) is 6.11. The molecule has 28 heavy (non-hydrogen) atoms. The molecule has 146 valence electrons. The molecule has 1 N–H and O–H groups in total. The lowest BCUT2D eigenvalue weighted by Gasteiger charge is -2.32. The minimum absolute atomic E-state index is 0.219. The van der Waals surface area contributed by atoms with Crippen molar-refractivity contribution in [3.8, 4) is 6.07 Å². The Hall–Kier alpha value is -3.54. The van der Waals surface area contributed by atoms with Crippen molar-refractivity contribution < 1.29 is 19.4 Å². The number of nitriles is 1. The van der Waals surface area contributed by atoms with Gasteiger partial charge in [-0.15, -0.1) is 0 Å². The van der Waals surface area contributed by atoms with Crippen LogP contribution in [-0.2, 0) is 17.7 Å². The molecule has 1 fully saturated rings. The molecule has 2 amide bonds. The molecule has 0 atom stereocenters. The minimum Gasteiger partial charge on any atom is -0.465 e. The van der Waals surface area contributed by atoms with Gasteiger partial charge in [-0.25, -0.2) is 14.6 Å². The van der Waals surface area contributed by atoms with E-state index in [4.69, 9.17) is 15.1 Å². The molecule has 0 bridgehead atoms. The first-order chi connectivity index (χ1) is 13.6. The standard InChI is InChI=1S/C19H21N5O4/c20-11-15-1-3-16(4-2-15)13-24-14-21-12-17(24)5-10-28-19(27)23-8-6-22(7-9-23)18(25)26/h1-4,12,14H,5-10,13H2,(H,25,26). The average molecular weight is 383 g/mol. The molecule has 1 aliphatic rings. The van der Waals surface area contributed by atoms with Crippen LogP contribution in [-0.4, -0.2) is 69.4 Å². The number of ether oxygens (including phenoxy) is 1. The fourth-order valence-corrected chi connectivity index (χ4v) is 2.99. The average Bonchev–Trinajstić information content (AvgIpc) is 3.15. The topological polar surface area (TPSA) is 112 Å². The summed E-state index contributed by atoms with van der Waals surface area (Å²) in [5, 5.41) is 17.8. The highest BCUT2D eigenvalue weighted by Gasteiger charge is 2.24. The zero-order valence-corrected chi connectivity index (χ0v) is 15.3. The van der Waals surface area contributed by atoms with Gasteiger partial charge in [-0.05, 0) is 17.7 Å². The van der Waals surface area contributed by atoms with Gasteiger partial charge in [0.25, 0.3) is 0 Å². The number of rotatable bonds is 5. The van der Waals surface area contributed by atoms with Gasteiger partial charge in [-0.3, -0.25) is 0 Å². The van der Waals surface area contributed by atoms with Crippen molar-refractivity contribution in [2.24, 2.45) is 0 Å². The summed E-state index contributed by atoms with van der Waals surface area (Å²) in [5.74, 6) is 0. The summed E-state index contributed by atoms with van der Waals surface area (Å²) in [6.45, 7) is 2.09. The van der Waals surface area contributed by atoms with Gasteiger partial charge in [0.1, 0.15) is 0 Å². The van der Waals surface area contributed by atoms with Gasteiger partial charge in [0.05, 0.1) is 24.6 Å². The molecular formula is C19H21N5O4. The molecule has 0 saturated carbocycles.